The molecule has 3 aliphatic heterocycles. The molecule has 0 amide bonds. The number of fused-ring (bicyclic) bond motifs is 8. The number of alkyl halides is 6. The number of halogens is 6. The fourth-order valence-corrected chi connectivity index (χ4v) is 11.8. The van der Waals surface area contributed by atoms with Crippen LogP contribution in [-0.2, 0) is 0 Å². The molecule has 49 heavy (non-hydrogen) atoms. The molecular weight excluding hydrogens is 679 g/mol. The average molecular weight is 707 g/mol. The van der Waals surface area contributed by atoms with Gasteiger partial charge in [0.25, 0.3) is 0 Å². The molecule has 4 aromatic rings. The van der Waals surface area contributed by atoms with Crippen molar-refractivity contribution in [1.29, 1.82) is 0 Å². The van der Waals surface area contributed by atoms with Crippen LogP contribution >= 0.6 is 23.5 Å². The van der Waals surface area contributed by atoms with Crippen molar-refractivity contribution in [3.05, 3.63) is 115 Å². The first-order valence-electron chi connectivity index (χ1n) is 15.9. The van der Waals surface area contributed by atoms with E-state index in [9.17, 15) is 0 Å². The van der Waals surface area contributed by atoms with Gasteiger partial charge in [0.2, 0.25) is 0 Å². The van der Waals surface area contributed by atoms with Gasteiger partial charge in [-0.25, -0.2) is 0 Å². The molecule has 0 aromatic heterocycles. The molecule has 0 N–H and O–H groups in total. The fraction of sp³-hybridized carbons (Fsp3) is 0.282. The third kappa shape index (κ3) is 3.54. The molecule has 0 unspecified atom stereocenters. The van der Waals surface area contributed by atoms with E-state index >= 15 is 26.3 Å². The van der Waals surface area contributed by atoms with Gasteiger partial charge >= 0.3 is 17.8 Å². The van der Waals surface area contributed by atoms with Gasteiger partial charge in [-0.3, -0.25) is 0 Å². The topological polar surface area (TPSA) is 18.5 Å². The van der Waals surface area contributed by atoms with E-state index in [1.165, 1.54) is 0 Å². The Hall–Kier alpha value is -3.76. The summed E-state index contributed by atoms with van der Waals surface area (Å²) in [5.41, 5.74) is -2.59. The SMILES string of the molecule is CC1=C2COc3ccc4ccccc4c3-c3c(ccc4ccccc34)OCC3=C(C)SC4=C5C(=C(S1)[C@]2(C)[C@]34C)C(F)(F)C(F)(F)C5(F)F. The zero-order chi connectivity index (χ0) is 34.5. The second-order valence-corrected chi connectivity index (χ2v) is 16.0. The average Bonchev–Trinajstić information content (AvgIpc) is 3.52. The first-order chi connectivity index (χ1) is 23.2. The van der Waals surface area contributed by atoms with Crippen LogP contribution in [-0.4, -0.2) is 31.0 Å². The van der Waals surface area contributed by atoms with E-state index in [2.05, 4.69) is 0 Å². The molecule has 1 fully saturated rings. The molecule has 10 heteroatoms. The molecule has 3 heterocycles. The number of hydrogen-bond acceptors (Lipinski definition) is 4. The second-order valence-electron chi connectivity index (χ2n) is 13.6. The van der Waals surface area contributed by atoms with Gasteiger partial charge in [0.1, 0.15) is 24.7 Å². The third-order valence-corrected chi connectivity index (χ3v) is 14.1. The van der Waals surface area contributed by atoms with Crippen LogP contribution in [0.2, 0.25) is 0 Å². The largest absolute Gasteiger partial charge is 0.489 e. The van der Waals surface area contributed by atoms with E-state index in [0.29, 0.717) is 32.5 Å². The lowest BCUT2D eigenvalue weighted by Crippen LogP contribution is -2.47. The van der Waals surface area contributed by atoms with Gasteiger partial charge in [0, 0.05) is 42.9 Å². The third-order valence-electron chi connectivity index (χ3n) is 11.4. The standard InChI is InChI=1S/C39H28F6O2S2/c1-19-25-17-46-27-15-13-21-9-5-7-11-23(21)29(27)30-24-12-8-6-10-22(24)14-16-28(30)47-18-26-20(2)49-34-32-31(33(48-19)35(25,3)36(26,34)4)37(40,41)39(44,45)38(32,42)43/h5-16H,17-18H2,1-4H3/t35-,36-/m1/s1. The molecule has 5 aliphatic rings. The molecular formula is C39H28F6O2S2. The molecule has 9 rings (SSSR count). The maximum absolute atomic E-state index is 15.9. The molecule has 1 saturated carbocycles. The van der Waals surface area contributed by atoms with Gasteiger partial charge in [-0.1, -0.05) is 84.2 Å². The maximum atomic E-state index is 15.9. The van der Waals surface area contributed by atoms with Crippen LogP contribution in [0.5, 0.6) is 11.5 Å². The Morgan fingerprint density at radius 2 is 0.939 bits per heavy atom. The monoisotopic (exact) mass is 706 g/mol. The molecule has 0 bridgehead atoms. The predicted molar refractivity (Wildman–Crippen MR) is 184 cm³/mol. The summed E-state index contributed by atoms with van der Waals surface area (Å²) in [7, 11) is 0. The van der Waals surface area contributed by atoms with Crippen molar-refractivity contribution in [2.24, 2.45) is 10.8 Å². The lowest BCUT2D eigenvalue weighted by Gasteiger charge is -2.50. The number of hydrogen-bond donors (Lipinski definition) is 0. The number of allylic oxidation sites excluding steroid dienone is 6. The van der Waals surface area contributed by atoms with Crippen molar-refractivity contribution < 1.29 is 35.8 Å². The molecule has 250 valence electrons. The Morgan fingerprint density at radius 1 is 0.551 bits per heavy atom. The fourth-order valence-electron chi connectivity index (χ4n) is 8.66. The van der Waals surface area contributed by atoms with E-state index in [1.54, 1.807) is 27.7 Å². The first-order valence-corrected chi connectivity index (χ1v) is 17.5. The minimum atomic E-state index is -5.61. The number of ether oxygens (including phenoxy) is 2. The Morgan fingerprint density at radius 3 is 1.35 bits per heavy atom. The highest BCUT2D eigenvalue weighted by Crippen LogP contribution is 2.80. The predicted octanol–water partition coefficient (Wildman–Crippen LogP) is 11.9. The highest BCUT2D eigenvalue weighted by Gasteiger charge is 2.85. The summed E-state index contributed by atoms with van der Waals surface area (Å²) in [6.45, 7) is 6.71. The number of thioether (sulfide) groups is 2. The van der Waals surface area contributed by atoms with Crippen molar-refractivity contribution >= 4 is 45.1 Å². The second kappa shape index (κ2) is 9.72. The van der Waals surface area contributed by atoms with Gasteiger partial charge < -0.3 is 9.47 Å². The van der Waals surface area contributed by atoms with Crippen LogP contribution in [0.3, 0.4) is 0 Å². The van der Waals surface area contributed by atoms with Crippen LogP contribution in [0.1, 0.15) is 27.7 Å². The van der Waals surface area contributed by atoms with E-state index < -0.39 is 39.7 Å². The highest BCUT2D eigenvalue weighted by atomic mass is 32.2. The van der Waals surface area contributed by atoms with Gasteiger partial charge in [-0.15, -0.1) is 0 Å². The van der Waals surface area contributed by atoms with Crippen molar-refractivity contribution in [1.82, 2.24) is 0 Å². The van der Waals surface area contributed by atoms with E-state index in [4.69, 9.17) is 9.47 Å². The van der Waals surface area contributed by atoms with Crippen LogP contribution in [0, 0.1) is 10.8 Å². The lowest BCUT2D eigenvalue weighted by molar-refractivity contribution is -0.258. The maximum Gasteiger partial charge on any atom is 0.380 e. The minimum Gasteiger partial charge on any atom is -0.489 e. The Balaban J connectivity index is 1.36. The Kier molecular flexibility index (Phi) is 6.20. The molecule has 0 saturated heterocycles. The van der Waals surface area contributed by atoms with E-state index in [-0.39, 0.29) is 23.0 Å². The van der Waals surface area contributed by atoms with Gasteiger partial charge in [-0.05, 0) is 82.3 Å². The van der Waals surface area contributed by atoms with Crippen LogP contribution in [0.15, 0.2) is 115 Å². The zero-order valence-electron chi connectivity index (χ0n) is 26.7. The van der Waals surface area contributed by atoms with Crippen molar-refractivity contribution in [3.63, 3.8) is 0 Å². The zero-order valence-corrected chi connectivity index (χ0v) is 28.4. The summed E-state index contributed by atoms with van der Waals surface area (Å²) in [6.07, 6.45) is 0. The van der Waals surface area contributed by atoms with Gasteiger partial charge in [-0.2, -0.15) is 26.3 Å². The molecule has 2 aliphatic carbocycles. The van der Waals surface area contributed by atoms with Crippen LogP contribution in [0.4, 0.5) is 26.3 Å². The smallest absolute Gasteiger partial charge is 0.380 e. The number of rotatable bonds is 0. The van der Waals surface area contributed by atoms with Crippen molar-refractivity contribution in [3.8, 4) is 22.6 Å². The summed E-state index contributed by atoms with van der Waals surface area (Å²) in [4.78, 5) is 0.755. The molecule has 4 aromatic carbocycles. The Bertz CT molecular complexity index is 2180. The lowest BCUT2D eigenvalue weighted by atomic mass is 9.54. The summed E-state index contributed by atoms with van der Waals surface area (Å²) >= 11 is 1.76. The normalized spacial score (nSPS) is 27.7. The highest BCUT2D eigenvalue weighted by molar-refractivity contribution is 8.07. The summed E-state index contributed by atoms with van der Waals surface area (Å²) in [5, 5.41) is 3.77. The summed E-state index contributed by atoms with van der Waals surface area (Å²) in [5.74, 6) is -14.8. The summed E-state index contributed by atoms with van der Waals surface area (Å²) in [6, 6.07) is 23.5. The van der Waals surface area contributed by atoms with E-state index in [1.807, 2.05) is 72.8 Å². The number of benzene rings is 4. The van der Waals surface area contributed by atoms with Gasteiger partial charge in [0.15, 0.2) is 0 Å². The molecule has 2 nitrogen and oxygen atoms in total. The van der Waals surface area contributed by atoms with Crippen LogP contribution in [0.25, 0.3) is 32.7 Å². The van der Waals surface area contributed by atoms with Crippen molar-refractivity contribution in [2.75, 3.05) is 13.2 Å². The Labute approximate surface area is 286 Å². The summed E-state index contributed by atoms with van der Waals surface area (Å²) < 4.78 is 107. The first kappa shape index (κ1) is 31.2. The molecule has 0 spiro atoms. The minimum absolute atomic E-state index is 0.0774. The van der Waals surface area contributed by atoms with Crippen molar-refractivity contribution in [2.45, 2.75) is 45.5 Å². The molecule has 0 radical (unpaired) electrons. The van der Waals surface area contributed by atoms with E-state index in [0.717, 1.165) is 56.2 Å². The quantitative estimate of drug-likeness (QED) is 0.169. The van der Waals surface area contributed by atoms with Crippen LogP contribution < -0.4 is 9.47 Å². The molecule has 2 atom stereocenters. The van der Waals surface area contributed by atoms with Gasteiger partial charge in [0.05, 0.1) is 0 Å².